The van der Waals surface area contributed by atoms with Gasteiger partial charge in [-0.3, -0.25) is 4.57 Å². The number of alkyl carbamates (subject to hydrolysis) is 1. The van der Waals surface area contributed by atoms with Gasteiger partial charge in [-0.05, 0) is 18.1 Å². The molecule has 2 aromatic rings. The summed E-state index contributed by atoms with van der Waals surface area (Å²) in [5, 5.41) is 24.9. The maximum Gasteiger partial charge on any atom is 0.407 e. The van der Waals surface area contributed by atoms with Gasteiger partial charge in [0.2, 0.25) is 0 Å². The standard InChI is InChI=1S/C22H28N4O8/c1-12(2)11-32-22(30)23-6-7-31-14-4-3-5-15-19(14)24-20-16(33-15)9-26(21(29)25-20)18-8-13(28)17(10-27)34-18/h3-5,9,12-13,17-18,27-28H,6-8,10-11H2,1-2H3,(H,23,30)(H,24,25,29)/t13-,17-,18-/m1/s1. The van der Waals surface area contributed by atoms with E-state index in [9.17, 15) is 19.8 Å². The van der Waals surface area contributed by atoms with Crippen LogP contribution in [-0.4, -0.2) is 64.4 Å². The van der Waals surface area contributed by atoms with Gasteiger partial charge in [0.05, 0.1) is 32.1 Å². The van der Waals surface area contributed by atoms with Gasteiger partial charge in [0, 0.05) is 6.42 Å². The third kappa shape index (κ3) is 5.24. The molecule has 1 fully saturated rings. The summed E-state index contributed by atoms with van der Waals surface area (Å²) in [7, 11) is 0. The average Bonchev–Trinajstić information content (AvgIpc) is 3.19. The van der Waals surface area contributed by atoms with Gasteiger partial charge in [0.1, 0.15) is 30.4 Å². The Bertz CT molecular complexity index is 1090. The number of para-hydroxylation sites is 1. The monoisotopic (exact) mass is 476 g/mol. The predicted molar refractivity (Wildman–Crippen MR) is 120 cm³/mol. The highest BCUT2D eigenvalue weighted by molar-refractivity contribution is 5.77. The molecular weight excluding hydrogens is 448 g/mol. The van der Waals surface area contributed by atoms with E-state index in [1.807, 2.05) is 13.8 Å². The molecule has 4 N–H and O–H groups in total. The van der Waals surface area contributed by atoms with E-state index in [0.717, 1.165) is 0 Å². The zero-order chi connectivity index (χ0) is 24.2. The van der Waals surface area contributed by atoms with Crippen molar-refractivity contribution in [2.45, 2.75) is 38.7 Å². The van der Waals surface area contributed by atoms with E-state index >= 15 is 0 Å². The third-order valence-corrected chi connectivity index (χ3v) is 5.24. The SMILES string of the molecule is CC(C)COC(=O)NCCOc1cccc2c1Nc1nc(=O)n([C@H]3C[C@@H](O)[C@@H](CO)O3)cc1O2. The first-order chi connectivity index (χ1) is 16.4. The Morgan fingerprint density at radius 3 is 2.94 bits per heavy atom. The van der Waals surface area contributed by atoms with Crippen molar-refractivity contribution in [1.29, 1.82) is 0 Å². The number of amides is 1. The number of fused-ring (bicyclic) bond motifs is 2. The number of hydrogen-bond acceptors (Lipinski definition) is 10. The van der Waals surface area contributed by atoms with Crippen molar-refractivity contribution in [1.82, 2.24) is 14.9 Å². The van der Waals surface area contributed by atoms with Crippen LogP contribution in [0.3, 0.4) is 0 Å². The number of aromatic nitrogens is 2. The van der Waals surface area contributed by atoms with Crippen LogP contribution in [0.5, 0.6) is 17.2 Å². The fraction of sp³-hybridized carbons (Fsp3) is 0.500. The second-order valence-electron chi connectivity index (χ2n) is 8.38. The van der Waals surface area contributed by atoms with E-state index in [1.165, 1.54) is 10.8 Å². The lowest BCUT2D eigenvalue weighted by Gasteiger charge is -2.24. The van der Waals surface area contributed by atoms with Gasteiger partial charge >= 0.3 is 11.8 Å². The molecule has 184 valence electrons. The minimum Gasteiger partial charge on any atom is -0.489 e. The van der Waals surface area contributed by atoms with E-state index in [2.05, 4.69) is 15.6 Å². The molecule has 0 unspecified atom stereocenters. The van der Waals surface area contributed by atoms with Crippen LogP contribution in [0.4, 0.5) is 16.3 Å². The largest absolute Gasteiger partial charge is 0.489 e. The lowest BCUT2D eigenvalue weighted by molar-refractivity contribution is -0.0459. The molecule has 0 spiro atoms. The van der Waals surface area contributed by atoms with E-state index in [0.29, 0.717) is 29.5 Å². The Balaban J connectivity index is 1.41. The van der Waals surface area contributed by atoms with Crippen molar-refractivity contribution in [3.8, 4) is 17.2 Å². The number of aliphatic hydroxyl groups excluding tert-OH is 2. The van der Waals surface area contributed by atoms with Gasteiger partial charge < -0.3 is 39.8 Å². The van der Waals surface area contributed by atoms with Gasteiger partial charge in [0.25, 0.3) is 0 Å². The molecule has 34 heavy (non-hydrogen) atoms. The molecule has 3 atom stereocenters. The summed E-state index contributed by atoms with van der Waals surface area (Å²) in [5.41, 5.74) is -0.105. The zero-order valence-corrected chi connectivity index (χ0v) is 18.9. The van der Waals surface area contributed by atoms with Crippen LogP contribution >= 0.6 is 0 Å². The first-order valence-electron chi connectivity index (χ1n) is 11.0. The van der Waals surface area contributed by atoms with Crippen LogP contribution in [0.2, 0.25) is 0 Å². The van der Waals surface area contributed by atoms with Crippen LogP contribution < -0.4 is 25.8 Å². The quantitative estimate of drug-likeness (QED) is 0.352. The number of aliphatic hydroxyl groups is 2. The predicted octanol–water partition coefficient (Wildman–Crippen LogP) is 1.49. The second kappa shape index (κ2) is 10.3. The molecule has 0 aliphatic carbocycles. The third-order valence-electron chi connectivity index (χ3n) is 5.24. The maximum absolute atomic E-state index is 12.6. The number of anilines is 2. The molecule has 3 heterocycles. The van der Waals surface area contributed by atoms with E-state index in [4.69, 9.17) is 18.9 Å². The lowest BCUT2D eigenvalue weighted by Crippen LogP contribution is -2.30. The number of ether oxygens (including phenoxy) is 4. The number of carbonyl (C=O) groups excluding carboxylic acids is 1. The Labute approximate surface area is 195 Å². The summed E-state index contributed by atoms with van der Waals surface area (Å²) < 4.78 is 23.5. The fourth-order valence-corrected chi connectivity index (χ4v) is 3.56. The molecule has 1 saturated heterocycles. The summed E-state index contributed by atoms with van der Waals surface area (Å²) in [6, 6.07) is 5.20. The van der Waals surface area contributed by atoms with Crippen molar-refractivity contribution in [2.24, 2.45) is 5.92 Å². The fourth-order valence-electron chi connectivity index (χ4n) is 3.56. The smallest absolute Gasteiger partial charge is 0.407 e. The molecule has 12 nitrogen and oxygen atoms in total. The molecule has 1 amide bonds. The second-order valence-corrected chi connectivity index (χ2v) is 8.38. The highest BCUT2D eigenvalue weighted by Crippen LogP contribution is 2.45. The molecule has 0 radical (unpaired) electrons. The summed E-state index contributed by atoms with van der Waals surface area (Å²) in [4.78, 5) is 28.3. The van der Waals surface area contributed by atoms with Crippen molar-refractivity contribution >= 4 is 17.6 Å². The molecule has 1 aromatic carbocycles. The van der Waals surface area contributed by atoms with E-state index in [-0.39, 0.29) is 37.9 Å². The summed E-state index contributed by atoms with van der Waals surface area (Å²) >= 11 is 0. The first-order valence-corrected chi connectivity index (χ1v) is 11.0. The Morgan fingerprint density at radius 2 is 2.21 bits per heavy atom. The summed E-state index contributed by atoms with van der Waals surface area (Å²) in [6.07, 6.45) is -1.32. The molecule has 0 bridgehead atoms. The van der Waals surface area contributed by atoms with Crippen LogP contribution in [0.15, 0.2) is 29.2 Å². The van der Waals surface area contributed by atoms with Gasteiger partial charge in [-0.1, -0.05) is 19.9 Å². The summed E-state index contributed by atoms with van der Waals surface area (Å²) in [5.74, 6) is 1.67. The van der Waals surface area contributed by atoms with Crippen molar-refractivity contribution < 1.29 is 34.0 Å². The molecule has 1 aromatic heterocycles. The maximum atomic E-state index is 12.6. The van der Waals surface area contributed by atoms with Gasteiger partial charge in [0.15, 0.2) is 17.3 Å². The highest BCUT2D eigenvalue weighted by Gasteiger charge is 2.36. The minimum atomic E-state index is -0.885. The van der Waals surface area contributed by atoms with Gasteiger partial charge in [-0.2, -0.15) is 4.98 Å². The summed E-state index contributed by atoms with van der Waals surface area (Å²) in [6.45, 7) is 4.31. The van der Waals surface area contributed by atoms with E-state index in [1.54, 1.807) is 18.2 Å². The van der Waals surface area contributed by atoms with Crippen LogP contribution in [0.25, 0.3) is 0 Å². The van der Waals surface area contributed by atoms with Crippen LogP contribution in [0.1, 0.15) is 26.5 Å². The molecule has 2 aliphatic rings. The topological polar surface area (TPSA) is 153 Å². The Hall–Kier alpha value is -3.35. The molecule has 0 saturated carbocycles. The van der Waals surface area contributed by atoms with Gasteiger partial charge in [-0.25, -0.2) is 9.59 Å². The molecular formula is C22H28N4O8. The van der Waals surface area contributed by atoms with Gasteiger partial charge in [-0.15, -0.1) is 0 Å². The number of rotatable bonds is 8. The van der Waals surface area contributed by atoms with E-state index < -0.39 is 30.2 Å². The number of benzene rings is 1. The van der Waals surface area contributed by atoms with Crippen molar-refractivity contribution in [3.63, 3.8) is 0 Å². The number of carbonyl (C=O) groups is 1. The lowest BCUT2D eigenvalue weighted by atomic mass is 10.2. The van der Waals surface area contributed by atoms with Crippen LogP contribution in [-0.2, 0) is 9.47 Å². The Kier molecular flexibility index (Phi) is 7.20. The highest BCUT2D eigenvalue weighted by atomic mass is 16.6. The molecule has 2 aliphatic heterocycles. The number of nitrogens with one attached hydrogen (secondary N) is 2. The average molecular weight is 476 g/mol. The Morgan fingerprint density at radius 1 is 1.38 bits per heavy atom. The van der Waals surface area contributed by atoms with Crippen molar-refractivity contribution in [3.05, 3.63) is 34.9 Å². The molecule has 12 heteroatoms. The first kappa shape index (κ1) is 23.8. The zero-order valence-electron chi connectivity index (χ0n) is 18.9. The van der Waals surface area contributed by atoms with Crippen molar-refractivity contribution in [2.75, 3.05) is 31.7 Å². The minimum absolute atomic E-state index is 0.145. The van der Waals surface area contributed by atoms with Crippen LogP contribution in [0, 0.1) is 5.92 Å². The normalized spacial score (nSPS) is 20.7. The number of hydrogen-bond donors (Lipinski definition) is 4. The molecule has 4 rings (SSSR count). The number of nitrogens with zero attached hydrogens (tertiary/aromatic N) is 2.